The largest absolute Gasteiger partial charge is 0.487 e. The lowest BCUT2D eigenvalue weighted by molar-refractivity contribution is -0.142. The molecule has 1 aromatic heterocycles. The van der Waals surface area contributed by atoms with Crippen LogP contribution in [-0.2, 0) is 20.8 Å². The minimum atomic E-state index is -0.461. The van der Waals surface area contributed by atoms with Crippen LogP contribution in [0.25, 0.3) is 17.0 Å². The van der Waals surface area contributed by atoms with Gasteiger partial charge in [0.2, 0.25) is 5.76 Å². The number of rotatable bonds is 7. The molecule has 0 aliphatic carbocycles. The van der Waals surface area contributed by atoms with Gasteiger partial charge in [-0.05, 0) is 68.0 Å². The second-order valence-corrected chi connectivity index (χ2v) is 8.88. The Hall–Kier alpha value is -3.64. The molecule has 0 N–H and O–H groups in total. The summed E-state index contributed by atoms with van der Waals surface area (Å²) in [5, 5.41) is 0.969. The van der Waals surface area contributed by atoms with Gasteiger partial charge >= 0.3 is 5.97 Å². The molecule has 0 amide bonds. The van der Waals surface area contributed by atoms with Gasteiger partial charge in [0.1, 0.15) is 11.3 Å². The Labute approximate surface area is 203 Å². The number of hydrogen-bond donors (Lipinski definition) is 0. The quantitative estimate of drug-likeness (QED) is 0.162. The van der Waals surface area contributed by atoms with Gasteiger partial charge in [-0.3, -0.25) is 0 Å². The van der Waals surface area contributed by atoms with Crippen molar-refractivity contribution in [2.75, 3.05) is 18.1 Å². The summed E-state index contributed by atoms with van der Waals surface area (Å²) in [4.78, 5) is 16.9. The third-order valence-corrected chi connectivity index (χ3v) is 6.64. The van der Waals surface area contributed by atoms with Gasteiger partial charge in [0.15, 0.2) is 0 Å². The van der Waals surface area contributed by atoms with Crippen LogP contribution in [0.3, 0.4) is 0 Å². The van der Waals surface area contributed by atoms with E-state index in [0.717, 1.165) is 22.3 Å². The Bertz CT molecular complexity index is 1330. The lowest BCUT2D eigenvalue weighted by Crippen LogP contribution is -2.19. The number of carbonyl (C=O) groups excluding carboxylic acids is 1. The molecule has 6 heteroatoms. The molecule has 0 spiro atoms. The third kappa shape index (κ3) is 4.41. The maximum atomic E-state index is 12.2. The Morgan fingerprint density at radius 3 is 2.26 bits per heavy atom. The number of hydrogen-bond acceptors (Lipinski definition) is 6. The molecule has 3 aromatic carbocycles. The molecule has 0 radical (unpaired) electrons. The molecule has 0 unspecified atom stereocenters. The first kappa shape index (κ1) is 22.2. The summed E-state index contributed by atoms with van der Waals surface area (Å²) in [6.07, 6.45) is 1.71. The molecule has 1 aliphatic rings. The number of benzene rings is 3. The van der Waals surface area contributed by atoms with Crippen LogP contribution in [0.15, 0.2) is 92.8 Å². The van der Waals surface area contributed by atoms with Crippen LogP contribution < -0.4 is 4.90 Å². The molecular formula is C28H25NO4S. The smallest absolute Gasteiger partial charge is 0.373 e. The fourth-order valence-electron chi connectivity index (χ4n) is 4.06. The molecule has 5 nitrogen and oxygen atoms in total. The minimum Gasteiger partial charge on any atom is -0.487 e. The van der Waals surface area contributed by atoms with E-state index < -0.39 is 5.97 Å². The van der Waals surface area contributed by atoms with Crippen molar-refractivity contribution in [3.63, 3.8) is 0 Å². The monoisotopic (exact) mass is 471 g/mol. The average Bonchev–Trinajstić information content (AvgIpc) is 3.25. The number of furan rings is 1. The predicted molar refractivity (Wildman–Crippen MR) is 135 cm³/mol. The standard InChI is InChI=1S/C28H25NO4S/c1-3-31-25(28(30)32-4-2)16-19-13-14-24-20(15-19)17-21(33-24)18-29-22-9-5-7-11-26(22)34-27-12-8-6-10-23(27)29/h5-17H,3-4,18H2,1-2H3/b25-16-. The normalized spacial score (nSPS) is 12.9. The average molecular weight is 472 g/mol. The van der Waals surface area contributed by atoms with Crippen molar-refractivity contribution in [2.45, 2.75) is 30.2 Å². The summed E-state index contributed by atoms with van der Waals surface area (Å²) in [6, 6.07) is 24.8. The lowest BCUT2D eigenvalue weighted by Gasteiger charge is -2.32. The Morgan fingerprint density at radius 1 is 0.912 bits per heavy atom. The number of nitrogens with zero attached hydrogens (tertiary/aromatic N) is 1. The molecule has 172 valence electrons. The van der Waals surface area contributed by atoms with E-state index in [2.05, 4.69) is 59.5 Å². The SMILES string of the molecule is CCOC(=O)/C(=C/c1ccc2oc(CN3c4ccccc4Sc4ccccc43)cc2c1)OCC. The van der Waals surface area contributed by atoms with E-state index in [9.17, 15) is 4.79 Å². The molecule has 0 bridgehead atoms. The Morgan fingerprint density at radius 2 is 1.59 bits per heavy atom. The topological polar surface area (TPSA) is 51.9 Å². The van der Waals surface area contributed by atoms with Crippen LogP contribution in [0.2, 0.25) is 0 Å². The van der Waals surface area contributed by atoms with Crippen LogP contribution >= 0.6 is 11.8 Å². The molecule has 0 fully saturated rings. The zero-order valence-corrected chi connectivity index (χ0v) is 19.9. The summed E-state index contributed by atoms with van der Waals surface area (Å²) in [5.41, 5.74) is 3.99. The van der Waals surface area contributed by atoms with Crippen LogP contribution in [0.1, 0.15) is 25.2 Å². The minimum absolute atomic E-state index is 0.200. The van der Waals surface area contributed by atoms with Gasteiger partial charge in [-0.2, -0.15) is 0 Å². The van der Waals surface area contributed by atoms with Crippen LogP contribution in [0, 0.1) is 0 Å². The van der Waals surface area contributed by atoms with Gasteiger partial charge in [-0.15, -0.1) is 0 Å². The second kappa shape index (κ2) is 9.69. The molecule has 2 heterocycles. The molecule has 0 saturated carbocycles. The summed E-state index contributed by atoms with van der Waals surface area (Å²) in [5.74, 6) is 0.604. The van der Waals surface area contributed by atoms with Gasteiger partial charge in [0.25, 0.3) is 0 Å². The fraction of sp³-hybridized carbons (Fsp3) is 0.179. The van der Waals surface area contributed by atoms with Crippen molar-refractivity contribution in [1.29, 1.82) is 0 Å². The molecule has 1 aliphatic heterocycles. The fourth-order valence-corrected chi connectivity index (χ4v) is 5.16. The summed E-state index contributed by atoms with van der Waals surface area (Å²) in [7, 11) is 0. The van der Waals surface area contributed by atoms with E-state index in [1.54, 1.807) is 24.8 Å². The number of fused-ring (bicyclic) bond motifs is 3. The van der Waals surface area contributed by atoms with E-state index in [-0.39, 0.29) is 5.76 Å². The van der Waals surface area contributed by atoms with E-state index in [0.29, 0.717) is 19.8 Å². The molecule has 5 rings (SSSR count). The lowest BCUT2D eigenvalue weighted by atomic mass is 10.1. The van der Waals surface area contributed by atoms with Gasteiger partial charge in [-0.1, -0.05) is 42.1 Å². The zero-order valence-electron chi connectivity index (χ0n) is 19.1. The van der Waals surface area contributed by atoms with Crippen molar-refractivity contribution in [3.05, 3.63) is 89.9 Å². The van der Waals surface area contributed by atoms with Crippen molar-refractivity contribution >= 4 is 46.2 Å². The van der Waals surface area contributed by atoms with E-state index in [1.165, 1.54) is 21.2 Å². The maximum Gasteiger partial charge on any atom is 0.373 e. The molecule has 0 atom stereocenters. The molecule has 0 saturated heterocycles. The highest BCUT2D eigenvalue weighted by molar-refractivity contribution is 7.99. The van der Waals surface area contributed by atoms with Crippen molar-refractivity contribution < 1.29 is 18.7 Å². The summed E-state index contributed by atoms with van der Waals surface area (Å²) in [6.45, 7) is 4.92. The van der Waals surface area contributed by atoms with Crippen molar-refractivity contribution in [3.8, 4) is 0 Å². The van der Waals surface area contributed by atoms with Gasteiger partial charge in [0, 0.05) is 15.2 Å². The van der Waals surface area contributed by atoms with Crippen molar-refractivity contribution in [1.82, 2.24) is 0 Å². The third-order valence-electron chi connectivity index (χ3n) is 5.51. The van der Waals surface area contributed by atoms with Crippen molar-refractivity contribution in [2.24, 2.45) is 0 Å². The van der Waals surface area contributed by atoms with E-state index in [1.807, 2.05) is 25.1 Å². The summed E-state index contributed by atoms with van der Waals surface area (Å²) < 4.78 is 16.8. The highest BCUT2D eigenvalue weighted by Crippen LogP contribution is 2.48. The molecule has 4 aromatic rings. The Balaban J connectivity index is 1.46. The summed E-state index contributed by atoms with van der Waals surface area (Å²) >= 11 is 1.79. The van der Waals surface area contributed by atoms with Crippen LogP contribution in [-0.4, -0.2) is 19.2 Å². The number of esters is 1. The van der Waals surface area contributed by atoms with Crippen LogP contribution in [0.5, 0.6) is 0 Å². The zero-order chi connectivity index (χ0) is 23.5. The number of anilines is 2. The predicted octanol–water partition coefficient (Wildman–Crippen LogP) is 7.18. The number of carbonyl (C=O) groups is 1. The van der Waals surface area contributed by atoms with Gasteiger partial charge in [0.05, 0.1) is 31.1 Å². The highest BCUT2D eigenvalue weighted by Gasteiger charge is 2.24. The number of ether oxygens (including phenoxy) is 2. The molecular weight excluding hydrogens is 446 g/mol. The first-order valence-electron chi connectivity index (χ1n) is 11.3. The number of para-hydroxylation sites is 2. The van der Waals surface area contributed by atoms with E-state index >= 15 is 0 Å². The first-order chi connectivity index (χ1) is 16.7. The highest BCUT2D eigenvalue weighted by atomic mass is 32.2. The molecule has 34 heavy (non-hydrogen) atoms. The Kier molecular flexibility index (Phi) is 6.32. The maximum absolute atomic E-state index is 12.2. The van der Waals surface area contributed by atoms with E-state index in [4.69, 9.17) is 13.9 Å². The van der Waals surface area contributed by atoms with Gasteiger partial charge < -0.3 is 18.8 Å². The first-order valence-corrected chi connectivity index (χ1v) is 12.2. The van der Waals surface area contributed by atoms with Gasteiger partial charge in [-0.25, -0.2) is 4.79 Å². The second-order valence-electron chi connectivity index (χ2n) is 7.80. The van der Waals surface area contributed by atoms with Crippen LogP contribution in [0.4, 0.5) is 11.4 Å².